The van der Waals surface area contributed by atoms with Gasteiger partial charge in [0.25, 0.3) is 0 Å². The van der Waals surface area contributed by atoms with Gasteiger partial charge in [0.05, 0.1) is 0 Å². The van der Waals surface area contributed by atoms with Gasteiger partial charge in [-0.2, -0.15) is 0 Å². The van der Waals surface area contributed by atoms with Crippen LogP contribution in [0.5, 0.6) is 5.75 Å². The van der Waals surface area contributed by atoms with Crippen molar-refractivity contribution >= 4 is 11.3 Å². The molecule has 1 N–H and O–H groups in total. The van der Waals surface area contributed by atoms with Crippen LogP contribution in [0.25, 0.3) is 5.57 Å². The number of fused-ring (bicyclic) bond motifs is 2. The Balaban J connectivity index is 1.88. The zero-order valence-electron chi connectivity index (χ0n) is 12.7. The van der Waals surface area contributed by atoms with Gasteiger partial charge in [-0.05, 0) is 49.1 Å². The first-order valence-electron chi connectivity index (χ1n) is 7.44. The molecule has 1 spiro atoms. The van der Waals surface area contributed by atoms with Gasteiger partial charge >= 0.3 is 0 Å². The van der Waals surface area contributed by atoms with Gasteiger partial charge in [-0.15, -0.1) is 0 Å². The molecule has 0 aromatic heterocycles. The summed E-state index contributed by atoms with van der Waals surface area (Å²) in [5.74, 6) is 1.01. The molecule has 2 aromatic rings. The largest absolute Gasteiger partial charge is 0.463 e. The number of allylic oxidation sites excluding steroid dienone is 1. The van der Waals surface area contributed by atoms with Crippen molar-refractivity contribution in [1.29, 1.82) is 0 Å². The number of benzene rings is 2. The zero-order chi connectivity index (χ0) is 14.6. The van der Waals surface area contributed by atoms with Crippen molar-refractivity contribution < 1.29 is 4.74 Å². The van der Waals surface area contributed by atoms with Crippen molar-refractivity contribution in [3.63, 3.8) is 0 Å². The van der Waals surface area contributed by atoms with Gasteiger partial charge in [-0.3, -0.25) is 0 Å². The molecule has 0 saturated carbocycles. The van der Waals surface area contributed by atoms with Crippen LogP contribution in [0.4, 0.5) is 5.69 Å². The van der Waals surface area contributed by atoms with Crippen LogP contribution in [0.3, 0.4) is 0 Å². The van der Waals surface area contributed by atoms with Crippen molar-refractivity contribution in [2.45, 2.75) is 32.9 Å². The van der Waals surface area contributed by atoms with Gasteiger partial charge in [0.2, 0.25) is 5.72 Å². The molecule has 21 heavy (non-hydrogen) atoms. The van der Waals surface area contributed by atoms with E-state index < -0.39 is 5.72 Å². The van der Waals surface area contributed by atoms with Gasteiger partial charge in [-0.1, -0.05) is 36.4 Å². The Morgan fingerprint density at radius 2 is 1.81 bits per heavy atom. The van der Waals surface area contributed by atoms with E-state index in [0.717, 1.165) is 12.2 Å². The first kappa shape index (κ1) is 12.5. The topological polar surface area (TPSA) is 21.3 Å². The molecule has 2 aliphatic rings. The van der Waals surface area contributed by atoms with Gasteiger partial charge < -0.3 is 10.1 Å². The maximum absolute atomic E-state index is 6.51. The molecular formula is C19H19NO. The molecule has 0 amide bonds. The van der Waals surface area contributed by atoms with Crippen LogP contribution in [-0.2, 0) is 6.42 Å². The van der Waals surface area contributed by atoms with Crippen LogP contribution in [-0.4, -0.2) is 5.72 Å². The molecule has 2 nitrogen and oxygen atoms in total. The molecule has 2 aliphatic heterocycles. The van der Waals surface area contributed by atoms with Crippen LogP contribution in [0.15, 0.2) is 48.0 Å². The minimum absolute atomic E-state index is 0.424. The highest BCUT2D eigenvalue weighted by Crippen LogP contribution is 2.47. The van der Waals surface area contributed by atoms with E-state index in [1.165, 1.54) is 33.5 Å². The summed E-state index contributed by atoms with van der Waals surface area (Å²) in [4.78, 5) is 0. The second-order valence-electron chi connectivity index (χ2n) is 6.09. The van der Waals surface area contributed by atoms with E-state index in [2.05, 4.69) is 68.6 Å². The molecule has 2 heterocycles. The number of aryl methyl sites for hydroxylation is 1. The van der Waals surface area contributed by atoms with Crippen molar-refractivity contribution in [3.8, 4) is 5.75 Å². The molecule has 0 radical (unpaired) electrons. The van der Waals surface area contributed by atoms with Gasteiger partial charge in [0, 0.05) is 17.7 Å². The molecule has 2 aromatic carbocycles. The Hall–Kier alpha value is -2.22. The first-order valence-corrected chi connectivity index (χ1v) is 7.44. The SMILES string of the molecule is CC1=C(C)C2(Cc3ccccc3N2)Oc2c(C)cccc21. The molecule has 1 unspecified atom stereocenters. The second kappa shape index (κ2) is 4.14. The van der Waals surface area contributed by atoms with E-state index in [1.807, 2.05) is 0 Å². The average Bonchev–Trinajstić information content (AvgIpc) is 2.85. The molecule has 0 bridgehead atoms. The maximum Gasteiger partial charge on any atom is 0.207 e. The van der Waals surface area contributed by atoms with Crippen molar-refractivity contribution in [3.05, 3.63) is 64.7 Å². The number of anilines is 1. The number of ether oxygens (including phenoxy) is 1. The summed E-state index contributed by atoms with van der Waals surface area (Å²) in [5, 5.41) is 3.62. The lowest BCUT2D eigenvalue weighted by Gasteiger charge is -2.38. The fourth-order valence-corrected chi connectivity index (χ4v) is 3.45. The number of rotatable bonds is 0. The lowest BCUT2D eigenvalue weighted by atomic mass is 9.88. The Morgan fingerprint density at radius 3 is 2.62 bits per heavy atom. The number of hydrogen-bond donors (Lipinski definition) is 1. The van der Waals surface area contributed by atoms with Gasteiger partial charge in [0.1, 0.15) is 5.75 Å². The molecule has 106 valence electrons. The van der Waals surface area contributed by atoms with Crippen LogP contribution < -0.4 is 10.1 Å². The van der Waals surface area contributed by atoms with E-state index in [4.69, 9.17) is 4.74 Å². The van der Waals surface area contributed by atoms with Crippen molar-refractivity contribution in [2.24, 2.45) is 0 Å². The van der Waals surface area contributed by atoms with Crippen LogP contribution >= 0.6 is 0 Å². The molecule has 0 fully saturated rings. The number of para-hydroxylation sites is 2. The third kappa shape index (κ3) is 1.65. The first-order chi connectivity index (χ1) is 10.1. The maximum atomic E-state index is 6.51. The molecule has 0 saturated heterocycles. The zero-order valence-corrected chi connectivity index (χ0v) is 12.7. The highest BCUT2D eigenvalue weighted by atomic mass is 16.5. The number of nitrogens with one attached hydrogen (secondary N) is 1. The van der Waals surface area contributed by atoms with Gasteiger partial charge in [0.15, 0.2) is 0 Å². The highest BCUT2D eigenvalue weighted by molar-refractivity contribution is 5.78. The Kier molecular flexibility index (Phi) is 2.47. The highest BCUT2D eigenvalue weighted by Gasteiger charge is 2.44. The molecule has 2 heteroatoms. The third-order valence-corrected chi connectivity index (χ3v) is 4.85. The summed E-state index contributed by atoms with van der Waals surface area (Å²) < 4.78 is 6.51. The minimum Gasteiger partial charge on any atom is -0.463 e. The van der Waals surface area contributed by atoms with Crippen molar-refractivity contribution in [1.82, 2.24) is 0 Å². The summed E-state index contributed by atoms with van der Waals surface area (Å²) in [6.07, 6.45) is 0.875. The van der Waals surface area contributed by atoms with E-state index in [1.54, 1.807) is 0 Å². The minimum atomic E-state index is -0.424. The standard InChI is InChI=1S/C19H19NO/c1-12-7-6-9-16-13(2)14(3)19(21-18(12)16)11-15-8-4-5-10-17(15)20-19/h4-10,20H,11H2,1-3H3. The number of hydrogen-bond acceptors (Lipinski definition) is 2. The molecule has 0 aliphatic carbocycles. The van der Waals surface area contributed by atoms with Gasteiger partial charge in [-0.25, -0.2) is 0 Å². The third-order valence-electron chi connectivity index (χ3n) is 4.85. The molecule has 4 rings (SSSR count). The normalized spacial score (nSPS) is 22.6. The summed E-state index contributed by atoms with van der Waals surface area (Å²) in [7, 11) is 0. The second-order valence-corrected chi connectivity index (χ2v) is 6.09. The van der Waals surface area contributed by atoms with E-state index in [0.29, 0.717) is 0 Å². The molecule has 1 atom stereocenters. The van der Waals surface area contributed by atoms with E-state index in [9.17, 15) is 0 Å². The predicted molar refractivity (Wildman–Crippen MR) is 86.6 cm³/mol. The van der Waals surface area contributed by atoms with Crippen LogP contribution in [0.1, 0.15) is 30.5 Å². The van der Waals surface area contributed by atoms with Crippen LogP contribution in [0, 0.1) is 6.92 Å². The van der Waals surface area contributed by atoms with E-state index in [-0.39, 0.29) is 0 Å². The summed E-state index contributed by atoms with van der Waals surface area (Å²) in [5.41, 5.74) is 7.08. The smallest absolute Gasteiger partial charge is 0.207 e. The fraction of sp³-hybridized carbons (Fsp3) is 0.263. The lowest BCUT2D eigenvalue weighted by molar-refractivity contribution is 0.140. The van der Waals surface area contributed by atoms with Crippen LogP contribution in [0.2, 0.25) is 0 Å². The average molecular weight is 277 g/mol. The lowest BCUT2D eigenvalue weighted by Crippen LogP contribution is -2.46. The monoisotopic (exact) mass is 277 g/mol. The summed E-state index contributed by atoms with van der Waals surface area (Å²) in [6, 6.07) is 14.8. The Labute approximate surface area is 125 Å². The van der Waals surface area contributed by atoms with Crippen molar-refractivity contribution in [2.75, 3.05) is 5.32 Å². The Morgan fingerprint density at radius 1 is 1.00 bits per heavy atom. The Bertz CT molecular complexity index is 748. The van der Waals surface area contributed by atoms with E-state index >= 15 is 0 Å². The quantitative estimate of drug-likeness (QED) is 0.763. The molecular weight excluding hydrogens is 258 g/mol. The summed E-state index contributed by atoms with van der Waals surface area (Å²) in [6.45, 7) is 6.49. The summed E-state index contributed by atoms with van der Waals surface area (Å²) >= 11 is 0. The predicted octanol–water partition coefficient (Wildman–Crippen LogP) is 4.55. The fourth-order valence-electron chi connectivity index (χ4n) is 3.45.